The van der Waals surface area contributed by atoms with Crippen molar-refractivity contribution in [2.45, 2.75) is 44.2 Å². The molecule has 1 aromatic rings. The van der Waals surface area contributed by atoms with E-state index in [1.165, 1.54) is 12.3 Å². The van der Waals surface area contributed by atoms with Gasteiger partial charge in [0.25, 0.3) is 5.91 Å². The average Bonchev–Trinajstić information content (AvgIpc) is 3.26. The molecule has 24 heavy (non-hydrogen) atoms. The van der Waals surface area contributed by atoms with Crippen LogP contribution in [0.3, 0.4) is 0 Å². The summed E-state index contributed by atoms with van der Waals surface area (Å²) in [7, 11) is -3.09. The van der Waals surface area contributed by atoms with Crippen LogP contribution < -0.4 is 0 Å². The Morgan fingerprint density at radius 1 is 1.21 bits per heavy atom. The highest BCUT2D eigenvalue weighted by atomic mass is 32.2. The van der Waals surface area contributed by atoms with Crippen LogP contribution in [0.2, 0.25) is 0 Å². The molecule has 1 atom stereocenters. The quantitative estimate of drug-likeness (QED) is 0.741. The summed E-state index contributed by atoms with van der Waals surface area (Å²) in [6.07, 6.45) is 5.60. The Bertz CT molecular complexity index is 690. The highest BCUT2D eigenvalue weighted by Gasteiger charge is 2.39. The number of hydrogen-bond acceptors (Lipinski definition) is 6. The zero-order valence-corrected chi connectivity index (χ0v) is 14.2. The van der Waals surface area contributed by atoms with Crippen molar-refractivity contribution in [1.29, 1.82) is 0 Å². The lowest BCUT2D eigenvalue weighted by Gasteiger charge is -2.33. The molecular weight excluding hydrogens is 334 g/mol. The fraction of sp³-hybridized carbons (Fsp3) is 0.625. The molecule has 0 spiro atoms. The van der Waals surface area contributed by atoms with E-state index in [0.29, 0.717) is 6.42 Å². The van der Waals surface area contributed by atoms with E-state index in [9.17, 15) is 18.0 Å². The molecule has 2 aliphatic rings. The number of carbonyl (C=O) groups excluding carboxylic acids is 2. The van der Waals surface area contributed by atoms with Crippen LogP contribution in [0.4, 0.5) is 0 Å². The lowest BCUT2D eigenvalue weighted by molar-refractivity contribution is -0.139. The summed E-state index contributed by atoms with van der Waals surface area (Å²) >= 11 is 0. The second-order valence-corrected chi connectivity index (χ2v) is 8.58. The molecule has 1 saturated heterocycles. The van der Waals surface area contributed by atoms with Gasteiger partial charge in [0.1, 0.15) is 0 Å². The van der Waals surface area contributed by atoms with Gasteiger partial charge in [-0.15, -0.1) is 0 Å². The van der Waals surface area contributed by atoms with E-state index in [1.807, 2.05) is 0 Å². The number of esters is 1. The predicted molar refractivity (Wildman–Crippen MR) is 85.2 cm³/mol. The van der Waals surface area contributed by atoms with Gasteiger partial charge in [-0.3, -0.25) is 4.79 Å². The van der Waals surface area contributed by atoms with Crippen molar-refractivity contribution in [3.8, 4) is 0 Å². The Morgan fingerprint density at radius 2 is 1.96 bits per heavy atom. The summed E-state index contributed by atoms with van der Waals surface area (Å²) in [6.45, 7) is -0.396. The Kier molecular flexibility index (Phi) is 4.93. The van der Waals surface area contributed by atoms with Gasteiger partial charge < -0.3 is 14.1 Å². The Balaban J connectivity index is 1.66. The number of carbonyl (C=O) groups is 2. The van der Waals surface area contributed by atoms with E-state index < -0.39 is 22.4 Å². The number of rotatable bonds is 5. The minimum atomic E-state index is -3.09. The van der Waals surface area contributed by atoms with E-state index in [1.54, 1.807) is 11.0 Å². The number of sulfone groups is 1. The fourth-order valence-electron chi connectivity index (χ4n) is 3.55. The van der Waals surface area contributed by atoms with Crippen LogP contribution in [-0.4, -0.2) is 55.4 Å². The van der Waals surface area contributed by atoms with Crippen molar-refractivity contribution in [2.24, 2.45) is 0 Å². The van der Waals surface area contributed by atoms with Crippen LogP contribution in [-0.2, 0) is 19.4 Å². The Hall–Kier alpha value is -1.83. The normalized spacial score (nSPS) is 23.2. The molecule has 0 unspecified atom stereocenters. The smallest absolute Gasteiger partial charge is 0.374 e. The molecule has 2 heterocycles. The molecule has 0 aromatic carbocycles. The summed E-state index contributed by atoms with van der Waals surface area (Å²) in [5, 5.41) is 0. The number of hydrogen-bond donors (Lipinski definition) is 0. The van der Waals surface area contributed by atoms with Crippen molar-refractivity contribution in [3.63, 3.8) is 0 Å². The number of nitrogens with zero attached hydrogens (tertiary/aromatic N) is 1. The lowest BCUT2D eigenvalue weighted by atomic mass is 10.1. The zero-order chi connectivity index (χ0) is 17.2. The summed E-state index contributed by atoms with van der Waals surface area (Å²) in [5.74, 6) is -0.872. The molecular formula is C16H21NO6S. The van der Waals surface area contributed by atoms with Crippen LogP contribution in [0, 0.1) is 0 Å². The van der Waals surface area contributed by atoms with Gasteiger partial charge >= 0.3 is 5.97 Å². The maximum absolute atomic E-state index is 12.6. The molecule has 7 nitrogen and oxygen atoms in total. The largest absolute Gasteiger partial charge is 0.457 e. The molecule has 1 amide bonds. The molecule has 1 aliphatic heterocycles. The molecule has 3 rings (SSSR count). The molecule has 1 aromatic heterocycles. The molecule has 132 valence electrons. The highest BCUT2D eigenvalue weighted by molar-refractivity contribution is 7.91. The number of furan rings is 1. The summed E-state index contributed by atoms with van der Waals surface area (Å²) in [6, 6.07) is 2.75. The molecule has 1 saturated carbocycles. The summed E-state index contributed by atoms with van der Waals surface area (Å²) in [5.41, 5.74) is 0. The predicted octanol–water partition coefficient (Wildman–Crippen LogP) is 1.39. The van der Waals surface area contributed by atoms with E-state index >= 15 is 0 Å². The van der Waals surface area contributed by atoms with Gasteiger partial charge in [-0.1, -0.05) is 12.8 Å². The van der Waals surface area contributed by atoms with Crippen molar-refractivity contribution in [3.05, 3.63) is 24.2 Å². The molecule has 1 aliphatic carbocycles. The first-order chi connectivity index (χ1) is 11.5. The first-order valence-corrected chi connectivity index (χ1v) is 10.0. The van der Waals surface area contributed by atoms with Crippen molar-refractivity contribution < 1.29 is 27.2 Å². The minimum Gasteiger partial charge on any atom is -0.457 e. The minimum absolute atomic E-state index is 0.00136. The molecule has 0 radical (unpaired) electrons. The Morgan fingerprint density at radius 3 is 2.54 bits per heavy atom. The fourth-order valence-corrected chi connectivity index (χ4v) is 5.26. The standard InChI is InChI=1S/C16H21NO6S/c18-15(10-23-16(19)14-6-3-8-22-14)17(12-4-1-2-5-12)13-7-9-24(20,21)11-13/h3,6,8,12-13H,1-2,4-5,7,9-11H2/t13-/m1/s1. The highest BCUT2D eigenvalue weighted by Crippen LogP contribution is 2.29. The number of ether oxygens (including phenoxy) is 1. The second-order valence-electron chi connectivity index (χ2n) is 6.35. The molecule has 8 heteroatoms. The van der Waals surface area contributed by atoms with E-state index in [-0.39, 0.29) is 35.3 Å². The van der Waals surface area contributed by atoms with Crippen molar-refractivity contribution in [2.75, 3.05) is 18.1 Å². The summed E-state index contributed by atoms with van der Waals surface area (Å²) in [4.78, 5) is 26.1. The monoisotopic (exact) mass is 355 g/mol. The van der Waals surface area contributed by atoms with Gasteiger partial charge in [0.2, 0.25) is 5.76 Å². The van der Waals surface area contributed by atoms with Gasteiger partial charge in [-0.2, -0.15) is 0 Å². The summed E-state index contributed by atoms with van der Waals surface area (Å²) < 4.78 is 33.5. The van der Waals surface area contributed by atoms with E-state index in [4.69, 9.17) is 9.15 Å². The maximum Gasteiger partial charge on any atom is 0.374 e. The van der Waals surface area contributed by atoms with Crippen LogP contribution in [0.15, 0.2) is 22.8 Å². The van der Waals surface area contributed by atoms with Gasteiger partial charge in [0.05, 0.1) is 17.8 Å². The second kappa shape index (κ2) is 6.96. The Labute approximate surface area is 140 Å². The third-order valence-electron chi connectivity index (χ3n) is 4.66. The SMILES string of the molecule is O=C(OCC(=O)N(C1CCCC1)[C@@H]1CCS(=O)(=O)C1)c1ccco1. The van der Waals surface area contributed by atoms with Gasteiger partial charge in [-0.25, -0.2) is 13.2 Å². The van der Waals surface area contributed by atoms with Gasteiger partial charge in [0.15, 0.2) is 16.4 Å². The van der Waals surface area contributed by atoms with Crippen LogP contribution in [0.5, 0.6) is 0 Å². The van der Waals surface area contributed by atoms with Crippen molar-refractivity contribution in [1.82, 2.24) is 4.90 Å². The third-order valence-corrected chi connectivity index (χ3v) is 6.41. The van der Waals surface area contributed by atoms with Gasteiger partial charge in [-0.05, 0) is 31.4 Å². The van der Waals surface area contributed by atoms with Crippen LogP contribution in [0.25, 0.3) is 0 Å². The van der Waals surface area contributed by atoms with Crippen molar-refractivity contribution >= 4 is 21.7 Å². The van der Waals surface area contributed by atoms with Crippen LogP contribution >= 0.6 is 0 Å². The van der Waals surface area contributed by atoms with E-state index in [0.717, 1.165) is 25.7 Å². The van der Waals surface area contributed by atoms with Gasteiger partial charge in [0, 0.05) is 12.1 Å². The molecule has 0 bridgehead atoms. The topological polar surface area (TPSA) is 93.9 Å². The maximum atomic E-state index is 12.6. The van der Waals surface area contributed by atoms with E-state index in [2.05, 4.69) is 0 Å². The first-order valence-electron chi connectivity index (χ1n) is 8.18. The first kappa shape index (κ1) is 17.0. The zero-order valence-electron chi connectivity index (χ0n) is 13.3. The average molecular weight is 355 g/mol. The molecule has 0 N–H and O–H groups in total. The lowest BCUT2D eigenvalue weighted by Crippen LogP contribution is -2.48. The third kappa shape index (κ3) is 3.80. The molecule has 2 fully saturated rings. The van der Waals surface area contributed by atoms with Crippen LogP contribution in [0.1, 0.15) is 42.7 Å². The number of amides is 1.